The predicted molar refractivity (Wildman–Crippen MR) is 68.0 cm³/mol. The third kappa shape index (κ3) is 3.83. The number of hydrogen-bond donors (Lipinski definition) is 2. The lowest BCUT2D eigenvalue weighted by atomic mass is 10.1. The second-order valence-electron chi connectivity index (χ2n) is 3.88. The van der Waals surface area contributed by atoms with Gasteiger partial charge in [0.05, 0.1) is 0 Å². The smallest absolute Gasteiger partial charge is 0.221 e. The van der Waals surface area contributed by atoms with Crippen molar-refractivity contribution in [2.75, 3.05) is 12.4 Å². The van der Waals surface area contributed by atoms with Gasteiger partial charge in [0.15, 0.2) is 0 Å². The lowest BCUT2D eigenvalue weighted by Crippen LogP contribution is -2.24. The number of hydrogen-bond acceptors (Lipinski definition) is 2. The fourth-order valence-corrected chi connectivity index (χ4v) is 1.67. The molecule has 0 aliphatic rings. The molecule has 0 spiro atoms. The molecule has 1 aromatic rings. The van der Waals surface area contributed by atoms with E-state index >= 15 is 0 Å². The van der Waals surface area contributed by atoms with E-state index in [-0.39, 0.29) is 5.91 Å². The molecule has 3 nitrogen and oxygen atoms in total. The molecule has 16 heavy (non-hydrogen) atoms. The van der Waals surface area contributed by atoms with Gasteiger partial charge in [-0.1, -0.05) is 11.6 Å². The predicted octanol–water partition coefficient (Wildman–Crippen LogP) is 2.45. The Morgan fingerprint density at radius 2 is 2.19 bits per heavy atom. The van der Waals surface area contributed by atoms with E-state index in [0.29, 0.717) is 11.1 Å². The third-order valence-electron chi connectivity index (χ3n) is 2.40. The van der Waals surface area contributed by atoms with Gasteiger partial charge in [-0.2, -0.15) is 0 Å². The van der Waals surface area contributed by atoms with Crippen LogP contribution in [0.15, 0.2) is 18.2 Å². The molecule has 0 saturated heterocycles. The van der Waals surface area contributed by atoms with Gasteiger partial charge in [-0.05, 0) is 44.2 Å². The largest absolute Gasteiger partial charge is 0.326 e. The molecule has 0 aromatic heterocycles. The zero-order valence-electron chi connectivity index (χ0n) is 9.80. The Hall–Kier alpha value is -1.06. The number of carbonyl (C=O) groups is 1. The summed E-state index contributed by atoms with van der Waals surface area (Å²) in [6, 6.07) is 5.84. The molecule has 1 unspecified atom stereocenters. The van der Waals surface area contributed by atoms with Crippen LogP contribution in [0.5, 0.6) is 0 Å². The van der Waals surface area contributed by atoms with Gasteiger partial charge in [0.25, 0.3) is 0 Å². The van der Waals surface area contributed by atoms with Crippen LogP contribution in [0.25, 0.3) is 0 Å². The summed E-state index contributed by atoms with van der Waals surface area (Å²) < 4.78 is 0. The summed E-state index contributed by atoms with van der Waals surface area (Å²) in [4.78, 5) is 11.0. The van der Waals surface area contributed by atoms with E-state index < -0.39 is 0 Å². The van der Waals surface area contributed by atoms with Gasteiger partial charge in [-0.15, -0.1) is 0 Å². The van der Waals surface area contributed by atoms with Gasteiger partial charge in [0.1, 0.15) is 0 Å². The number of carbonyl (C=O) groups excluding carboxylic acids is 1. The van der Waals surface area contributed by atoms with Crippen LogP contribution in [-0.4, -0.2) is 19.0 Å². The maximum absolute atomic E-state index is 11.0. The van der Waals surface area contributed by atoms with E-state index in [0.717, 1.165) is 17.7 Å². The summed E-state index contributed by atoms with van der Waals surface area (Å²) in [5.41, 5.74) is 1.88. The lowest BCUT2D eigenvalue weighted by Gasteiger charge is -2.14. The van der Waals surface area contributed by atoms with E-state index in [4.69, 9.17) is 11.6 Å². The molecule has 1 rings (SSSR count). The van der Waals surface area contributed by atoms with Crippen LogP contribution in [0.3, 0.4) is 0 Å². The number of halogens is 1. The summed E-state index contributed by atoms with van der Waals surface area (Å²) in [7, 11) is 1.91. The minimum Gasteiger partial charge on any atom is -0.326 e. The Balaban J connectivity index is 2.93. The summed E-state index contributed by atoms with van der Waals surface area (Å²) in [6.07, 6.45) is 0.826. The Morgan fingerprint density at radius 3 is 2.75 bits per heavy atom. The number of nitrogens with one attached hydrogen (secondary N) is 2. The highest BCUT2D eigenvalue weighted by Gasteiger charge is 2.08. The van der Waals surface area contributed by atoms with Crippen molar-refractivity contribution in [3.05, 3.63) is 28.8 Å². The monoisotopic (exact) mass is 240 g/mol. The molecule has 0 saturated carbocycles. The van der Waals surface area contributed by atoms with Crippen molar-refractivity contribution in [2.45, 2.75) is 26.3 Å². The summed E-state index contributed by atoms with van der Waals surface area (Å²) in [5, 5.41) is 6.65. The number of benzene rings is 1. The maximum atomic E-state index is 11.0. The summed E-state index contributed by atoms with van der Waals surface area (Å²) >= 11 is 5.95. The van der Waals surface area contributed by atoms with Gasteiger partial charge in [0.2, 0.25) is 5.91 Å². The molecule has 4 heteroatoms. The molecule has 88 valence electrons. The average molecular weight is 241 g/mol. The van der Waals surface area contributed by atoms with Crippen molar-refractivity contribution in [1.29, 1.82) is 0 Å². The first-order valence-corrected chi connectivity index (χ1v) is 5.64. The van der Waals surface area contributed by atoms with Gasteiger partial charge in [-0.25, -0.2) is 0 Å². The van der Waals surface area contributed by atoms with Crippen LogP contribution in [0.1, 0.15) is 19.4 Å². The van der Waals surface area contributed by atoms with E-state index in [2.05, 4.69) is 17.6 Å². The number of amides is 1. The first kappa shape index (κ1) is 13.0. The molecule has 0 radical (unpaired) electrons. The normalized spacial score (nSPS) is 12.2. The zero-order valence-corrected chi connectivity index (χ0v) is 10.6. The van der Waals surface area contributed by atoms with Crippen LogP contribution in [0, 0.1) is 0 Å². The Kier molecular flexibility index (Phi) is 4.77. The number of likely N-dealkylation sites (N-methyl/N-ethyl adjacent to an activating group) is 1. The van der Waals surface area contributed by atoms with Crippen LogP contribution >= 0.6 is 11.6 Å². The molecule has 0 heterocycles. The van der Waals surface area contributed by atoms with E-state index in [1.165, 1.54) is 6.92 Å². The van der Waals surface area contributed by atoms with Crippen molar-refractivity contribution in [1.82, 2.24) is 5.32 Å². The second kappa shape index (κ2) is 5.87. The summed E-state index contributed by atoms with van der Waals surface area (Å²) in [6.45, 7) is 3.58. The van der Waals surface area contributed by atoms with E-state index in [9.17, 15) is 4.79 Å². The minimum atomic E-state index is -0.0688. The fraction of sp³-hybridized carbons (Fsp3) is 0.417. The Morgan fingerprint density at radius 1 is 1.50 bits per heavy atom. The van der Waals surface area contributed by atoms with Gasteiger partial charge < -0.3 is 10.6 Å². The van der Waals surface area contributed by atoms with Crippen LogP contribution in [-0.2, 0) is 11.2 Å². The standard InChI is InChI=1S/C12H17ClN2O/c1-8(14-3)6-10-7-11(13)4-5-12(10)15-9(2)16/h4-5,7-8,14H,6H2,1-3H3,(H,15,16). The minimum absolute atomic E-state index is 0.0688. The highest BCUT2D eigenvalue weighted by molar-refractivity contribution is 6.30. The molecule has 0 fully saturated rings. The zero-order chi connectivity index (χ0) is 12.1. The molecule has 0 aliphatic heterocycles. The van der Waals surface area contributed by atoms with Crippen LogP contribution < -0.4 is 10.6 Å². The molecular weight excluding hydrogens is 224 g/mol. The fourth-order valence-electron chi connectivity index (χ4n) is 1.47. The highest BCUT2D eigenvalue weighted by Crippen LogP contribution is 2.22. The topological polar surface area (TPSA) is 41.1 Å². The highest BCUT2D eigenvalue weighted by atomic mass is 35.5. The first-order chi connectivity index (χ1) is 7.52. The van der Waals surface area contributed by atoms with Gasteiger partial charge in [0, 0.05) is 23.7 Å². The Labute approximate surface area is 101 Å². The summed E-state index contributed by atoms with van der Waals surface area (Å²) in [5.74, 6) is -0.0688. The maximum Gasteiger partial charge on any atom is 0.221 e. The van der Waals surface area contributed by atoms with Crippen molar-refractivity contribution in [2.24, 2.45) is 0 Å². The molecule has 0 aliphatic carbocycles. The lowest BCUT2D eigenvalue weighted by molar-refractivity contribution is -0.114. The Bertz CT molecular complexity index is 379. The third-order valence-corrected chi connectivity index (χ3v) is 2.63. The van der Waals surface area contributed by atoms with Crippen molar-refractivity contribution in [3.63, 3.8) is 0 Å². The van der Waals surface area contributed by atoms with Crippen LogP contribution in [0.2, 0.25) is 5.02 Å². The average Bonchev–Trinajstić information content (AvgIpc) is 2.21. The molecule has 0 bridgehead atoms. The molecule has 1 amide bonds. The molecular formula is C12H17ClN2O. The quantitative estimate of drug-likeness (QED) is 0.849. The number of rotatable bonds is 4. The molecule has 1 aromatic carbocycles. The van der Waals surface area contributed by atoms with E-state index in [1.54, 1.807) is 6.07 Å². The van der Waals surface area contributed by atoms with Gasteiger partial charge >= 0.3 is 0 Å². The first-order valence-electron chi connectivity index (χ1n) is 5.26. The second-order valence-corrected chi connectivity index (χ2v) is 4.31. The van der Waals surface area contributed by atoms with Crippen LogP contribution in [0.4, 0.5) is 5.69 Å². The SMILES string of the molecule is CNC(C)Cc1cc(Cl)ccc1NC(C)=O. The number of anilines is 1. The van der Waals surface area contributed by atoms with Crippen molar-refractivity contribution >= 4 is 23.2 Å². The molecule has 2 N–H and O–H groups in total. The van der Waals surface area contributed by atoms with Crippen molar-refractivity contribution in [3.8, 4) is 0 Å². The van der Waals surface area contributed by atoms with Gasteiger partial charge in [-0.3, -0.25) is 4.79 Å². The molecule has 1 atom stereocenters. The van der Waals surface area contributed by atoms with Crippen molar-refractivity contribution < 1.29 is 4.79 Å². The van der Waals surface area contributed by atoms with E-state index in [1.807, 2.05) is 19.2 Å².